The van der Waals surface area contributed by atoms with E-state index in [0.29, 0.717) is 10.7 Å². The fraction of sp³-hybridized carbons (Fsp3) is 0.0870. The number of benzene rings is 2. The zero-order valence-electron chi connectivity index (χ0n) is 15.7. The second-order valence-corrected chi connectivity index (χ2v) is 7.93. The van der Waals surface area contributed by atoms with Gasteiger partial charge in [-0.15, -0.1) is 0 Å². The highest BCUT2D eigenvalue weighted by Gasteiger charge is 2.15. The highest BCUT2D eigenvalue weighted by Crippen LogP contribution is 2.28. The Morgan fingerprint density at radius 3 is 2.48 bits per heavy atom. The van der Waals surface area contributed by atoms with Gasteiger partial charge in [0, 0.05) is 28.7 Å². The summed E-state index contributed by atoms with van der Waals surface area (Å²) in [6.07, 6.45) is 3.62. The maximum absolute atomic E-state index is 12.5. The Hall–Kier alpha value is -2.89. The van der Waals surface area contributed by atoms with Crippen LogP contribution in [-0.2, 0) is 0 Å². The largest absolute Gasteiger partial charge is 0.294 e. The lowest BCUT2D eigenvalue weighted by molar-refractivity contribution is 0.101. The van der Waals surface area contributed by atoms with E-state index in [1.54, 1.807) is 18.3 Å². The van der Waals surface area contributed by atoms with Crippen molar-refractivity contribution in [3.05, 3.63) is 95.4 Å². The van der Waals surface area contributed by atoms with Gasteiger partial charge >= 0.3 is 0 Å². The summed E-state index contributed by atoms with van der Waals surface area (Å²) < 4.78 is 2.01. The second-order valence-electron chi connectivity index (χ2n) is 6.55. The van der Waals surface area contributed by atoms with Gasteiger partial charge in [0.1, 0.15) is 5.69 Å². The summed E-state index contributed by atoms with van der Waals surface area (Å²) in [5, 5.41) is 1.44. The van der Waals surface area contributed by atoms with Crippen LogP contribution in [0.25, 0.3) is 16.9 Å². The topological polar surface area (TPSA) is 47.8 Å². The number of nitrogens with zero attached hydrogens (tertiary/aromatic N) is 3. The number of rotatable bonds is 6. The molecule has 4 nitrogen and oxygen atoms in total. The van der Waals surface area contributed by atoms with Crippen LogP contribution in [0.5, 0.6) is 0 Å². The quantitative estimate of drug-likeness (QED) is 0.289. The van der Waals surface area contributed by atoms with Crippen molar-refractivity contribution in [2.75, 3.05) is 5.75 Å². The number of hydrogen-bond acceptors (Lipinski definition) is 4. The molecule has 0 saturated carbocycles. The lowest BCUT2D eigenvalue weighted by atomic mass is 10.2. The summed E-state index contributed by atoms with van der Waals surface area (Å²) in [7, 11) is 0. The Morgan fingerprint density at radius 1 is 1.03 bits per heavy atom. The van der Waals surface area contributed by atoms with Crippen molar-refractivity contribution in [2.45, 2.75) is 12.1 Å². The average molecular weight is 420 g/mol. The van der Waals surface area contributed by atoms with Crippen LogP contribution in [0.2, 0.25) is 5.02 Å². The molecule has 29 heavy (non-hydrogen) atoms. The summed E-state index contributed by atoms with van der Waals surface area (Å²) in [4.78, 5) is 21.4. The summed E-state index contributed by atoms with van der Waals surface area (Å²) in [5.41, 5.74) is 4.45. The molecular weight excluding hydrogens is 402 g/mol. The lowest BCUT2D eigenvalue weighted by Crippen LogP contribution is -2.05. The van der Waals surface area contributed by atoms with Gasteiger partial charge in [-0.25, -0.2) is 4.98 Å². The molecule has 0 N–H and O–H groups in total. The first-order valence-electron chi connectivity index (χ1n) is 9.09. The Morgan fingerprint density at radius 2 is 1.79 bits per heavy atom. The van der Waals surface area contributed by atoms with Crippen LogP contribution in [0.4, 0.5) is 0 Å². The molecule has 0 atom stereocenters. The highest BCUT2D eigenvalue weighted by atomic mass is 35.5. The Balaban J connectivity index is 1.66. The molecule has 0 spiro atoms. The van der Waals surface area contributed by atoms with Crippen LogP contribution >= 0.6 is 23.4 Å². The first-order valence-corrected chi connectivity index (χ1v) is 10.5. The summed E-state index contributed by atoms with van der Waals surface area (Å²) in [5.74, 6) is 0.238. The fourth-order valence-electron chi connectivity index (χ4n) is 2.85. The van der Waals surface area contributed by atoms with Crippen LogP contribution in [0, 0.1) is 6.92 Å². The normalized spacial score (nSPS) is 10.8. The molecule has 0 aliphatic carbocycles. The maximum Gasteiger partial charge on any atom is 0.191 e. The molecule has 0 unspecified atom stereocenters. The number of ketones is 1. The molecular formula is C23H18ClN3OS. The summed E-state index contributed by atoms with van der Waals surface area (Å²) >= 11 is 7.42. The average Bonchev–Trinajstić information content (AvgIpc) is 3.18. The van der Waals surface area contributed by atoms with Crippen molar-refractivity contribution in [3.63, 3.8) is 0 Å². The number of Topliss-reactive ketones (excluding diaryl/α,β-unsaturated/α-hetero) is 1. The van der Waals surface area contributed by atoms with Gasteiger partial charge in [-0.1, -0.05) is 59.3 Å². The second kappa shape index (κ2) is 8.64. The van der Waals surface area contributed by atoms with Crippen LogP contribution in [0.15, 0.2) is 84.3 Å². The van der Waals surface area contributed by atoms with Gasteiger partial charge in [0.25, 0.3) is 0 Å². The van der Waals surface area contributed by atoms with Crippen LogP contribution in [-0.4, -0.2) is 26.1 Å². The summed E-state index contributed by atoms with van der Waals surface area (Å²) in [6, 6.07) is 21.1. The van der Waals surface area contributed by atoms with E-state index in [9.17, 15) is 4.79 Å². The van der Waals surface area contributed by atoms with Crippen molar-refractivity contribution >= 4 is 29.1 Å². The standard InChI is InChI=1S/C23H18ClN3OS/c1-16-5-11-19(12-6-16)27-14-21(17-7-9-18(24)10-8-17)26-23(27)29-15-22(28)20-4-2-3-13-25-20/h2-14H,15H2,1H3. The van der Waals surface area contributed by atoms with Crippen LogP contribution < -0.4 is 0 Å². The van der Waals surface area contributed by atoms with E-state index in [1.807, 2.05) is 53.2 Å². The van der Waals surface area contributed by atoms with E-state index in [2.05, 4.69) is 24.0 Å². The lowest BCUT2D eigenvalue weighted by Gasteiger charge is -2.07. The molecule has 4 aromatic rings. The van der Waals surface area contributed by atoms with E-state index in [0.717, 1.165) is 22.1 Å². The molecule has 0 fully saturated rings. The smallest absolute Gasteiger partial charge is 0.191 e. The molecule has 6 heteroatoms. The van der Waals surface area contributed by atoms with E-state index in [4.69, 9.17) is 16.6 Å². The van der Waals surface area contributed by atoms with Gasteiger partial charge in [-0.2, -0.15) is 0 Å². The van der Waals surface area contributed by atoms with Crippen molar-refractivity contribution < 1.29 is 4.79 Å². The minimum Gasteiger partial charge on any atom is -0.294 e. The van der Waals surface area contributed by atoms with E-state index < -0.39 is 0 Å². The van der Waals surface area contributed by atoms with Crippen LogP contribution in [0.3, 0.4) is 0 Å². The number of carbonyl (C=O) groups excluding carboxylic acids is 1. The predicted octanol–water partition coefficient (Wildman–Crippen LogP) is 5.87. The number of aromatic nitrogens is 3. The minimum absolute atomic E-state index is 0.0258. The molecule has 2 heterocycles. The van der Waals surface area contributed by atoms with Crippen molar-refractivity contribution in [3.8, 4) is 16.9 Å². The summed E-state index contributed by atoms with van der Waals surface area (Å²) in [6.45, 7) is 2.05. The zero-order chi connectivity index (χ0) is 20.2. The molecule has 2 aromatic heterocycles. The van der Waals surface area contributed by atoms with Crippen molar-refractivity contribution in [2.24, 2.45) is 0 Å². The SMILES string of the molecule is Cc1ccc(-n2cc(-c3ccc(Cl)cc3)nc2SCC(=O)c2ccccn2)cc1. The molecule has 0 radical (unpaired) electrons. The number of thioether (sulfide) groups is 1. The molecule has 0 saturated heterocycles. The van der Waals surface area contributed by atoms with Gasteiger partial charge in [-0.05, 0) is 43.3 Å². The number of hydrogen-bond donors (Lipinski definition) is 0. The van der Waals surface area contributed by atoms with Crippen molar-refractivity contribution in [1.29, 1.82) is 0 Å². The van der Waals surface area contributed by atoms with E-state index in [-0.39, 0.29) is 11.5 Å². The van der Waals surface area contributed by atoms with Gasteiger partial charge < -0.3 is 0 Å². The maximum atomic E-state index is 12.5. The molecule has 2 aromatic carbocycles. The molecule has 0 bridgehead atoms. The molecule has 4 rings (SSSR count). The Labute approximate surface area is 178 Å². The third-order valence-electron chi connectivity index (χ3n) is 4.41. The van der Waals surface area contributed by atoms with Gasteiger partial charge in [0.2, 0.25) is 0 Å². The molecule has 0 amide bonds. The number of aryl methyl sites for hydroxylation is 1. The Bertz CT molecular complexity index is 1120. The fourth-order valence-corrected chi connectivity index (χ4v) is 3.84. The number of imidazole rings is 1. The first kappa shape index (κ1) is 19.4. The van der Waals surface area contributed by atoms with Gasteiger partial charge in [-0.3, -0.25) is 14.3 Å². The molecule has 144 valence electrons. The van der Waals surface area contributed by atoms with Crippen LogP contribution in [0.1, 0.15) is 16.1 Å². The number of halogens is 1. The van der Waals surface area contributed by atoms with Gasteiger partial charge in [0.15, 0.2) is 10.9 Å². The number of carbonyl (C=O) groups is 1. The third kappa shape index (κ3) is 4.58. The van der Waals surface area contributed by atoms with Crippen molar-refractivity contribution in [1.82, 2.24) is 14.5 Å². The highest BCUT2D eigenvalue weighted by molar-refractivity contribution is 7.99. The molecule has 0 aliphatic rings. The third-order valence-corrected chi connectivity index (χ3v) is 5.61. The Kier molecular flexibility index (Phi) is 5.79. The predicted molar refractivity (Wildman–Crippen MR) is 118 cm³/mol. The zero-order valence-corrected chi connectivity index (χ0v) is 17.3. The van der Waals surface area contributed by atoms with Gasteiger partial charge in [0.05, 0.1) is 11.4 Å². The van der Waals surface area contributed by atoms with E-state index >= 15 is 0 Å². The first-order chi connectivity index (χ1) is 14.1. The monoisotopic (exact) mass is 419 g/mol. The minimum atomic E-state index is -0.0258. The molecule has 0 aliphatic heterocycles. The van der Waals surface area contributed by atoms with E-state index in [1.165, 1.54) is 17.3 Å². The number of pyridine rings is 1.